The third-order valence-electron chi connectivity index (χ3n) is 4.23. The number of rotatable bonds is 4. The second-order valence-electron chi connectivity index (χ2n) is 5.77. The van der Waals surface area contributed by atoms with Gasteiger partial charge in [-0.05, 0) is 36.8 Å². The summed E-state index contributed by atoms with van der Waals surface area (Å²) < 4.78 is 29.2. The Morgan fingerprint density at radius 1 is 1.33 bits per heavy atom. The molecule has 1 unspecified atom stereocenters. The predicted octanol–water partition coefficient (Wildman–Crippen LogP) is 2.67. The second-order valence-corrected chi connectivity index (χ2v) is 8.06. The van der Waals surface area contributed by atoms with Crippen LogP contribution >= 0.6 is 11.6 Å². The van der Waals surface area contributed by atoms with Crippen molar-refractivity contribution >= 4 is 27.6 Å². The molecule has 6 nitrogen and oxygen atoms in total. The van der Waals surface area contributed by atoms with Crippen LogP contribution in [0, 0.1) is 6.92 Å². The van der Waals surface area contributed by atoms with Gasteiger partial charge in [-0.1, -0.05) is 17.7 Å². The number of aryl methyl sites for hydroxylation is 1. The molecule has 3 rings (SSSR count). The van der Waals surface area contributed by atoms with Gasteiger partial charge in [-0.3, -0.25) is 4.79 Å². The number of halogens is 1. The lowest BCUT2D eigenvalue weighted by molar-refractivity contribution is -0.138. The number of aliphatic carboxylic acids is 1. The van der Waals surface area contributed by atoms with Gasteiger partial charge in [-0.2, -0.15) is 4.31 Å². The fraction of sp³-hybridized carbons (Fsp3) is 0.312. The Morgan fingerprint density at radius 3 is 2.75 bits per heavy atom. The molecular weight excluding hydrogens is 352 g/mol. The Hall–Kier alpha value is -1.83. The van der Waals surface area contributed by atoms with E-state index in [9.17, 15) is 18.3 Å². The SMILES string of the molecule is Cc1ccc(S(=O)(=O)N2CCn3cccc3C2CC(=O)O)cc1Cl. The number of aromatic nitrogens is 1. The van der Waals surface area contributed by atoms with Gasteiger partial charge in [0.15, 0.2) is 0 Å². The van der Waals surface area contributed by atoms with Crippen LogP contribution in [0.25, 0.3) is 0 Å². The average molecular weight is 369 g/mol. The minimum absolute atomic E-state index is 0.0773. The molecule has 0 spiro atoms. The first kappa shape index (κ1) is 17.0. The Balaban J connectivity index is 2.05. The zero-order valence-corrected chi connectivity index (χ0v) is 14.6. The third kappa shape index (κ3) is 2.94. The number of nitrogens with zero attached hydrogens (tertiary/aromatic N) is 2. The van der Waals surface area contributed by atoms with Crippen molar-refractivity contribution in [1.82, 2.24) is 8.87 Å². The number of carboxylic acid groups (broad SMARTS) is 1. The van der Waals surface area contributed by atoms with E-state index in [1.807, 2.05) is 10.8 Å². The van der Waals surface area contributed by atoms with E-state index >= 15 is 0 Å². The minimum Gasteiger partial charge on any atom is -0.481 e. The summed E-state index contributed by atoms with van der Waals surface area (Å²) in [4.78, 5) is 11.3. The zero-order chi connectivity index (χ0) is 17.5. The molecule has 1 aliphatic rings. The first-order valence-electron chi connectivity index (χ1n) is 7.45. The number of fused-ring (bicyclic) bond motifs is 1. The molecule has 0 radical (unpaired) electrons. The molecule has 0 aliphatic carbocycles. The van der Waals surface area contributed by atoms with Crippen LogP contribution in [0.3, 0.4) is 0 Å². The number of carbonyl (C=O) groups is 1. The molecule has 0 amide bonds. The van der Waals surface area contributed by atoms with Crippen molar-refractivity contribution in [2.24, 2.45) is 0 Å². The number of carboxylic acids is 1. The van der Waals surface area contributed by atoms with Gasteiger partial charge in [0, 0.05) is 30.0 Å². The first-order valence-corrected chi connectivity index (χ1v) is 9.27. The van der Waals surface area contributed by atoms with Crippen LogP contribution in [-0.2, 0) is 21.4 Å². The van der Waals surface area contributed by atoms with E-state index in [2.05, 4.69) is 0 Å². The standard InChI is InChI=1S/C16H17ClN2O4S/c1-11-4-5-12(9-13(11)17)24(22,23)19-8-7-18-6-2-3-14(18)15(19)10-16(20)21/h2-6,9,15H,7-8,10H2,1H3,(H,20,21). The van der Waals surface area contributed by atoms with Gasteiger partial charge < -0.3 is 9.67 Å². The topological polar surface area (TPSA) is 79.6 Å². The molecule has 24 heavy (non-hydrogen) atoms. The molecular formula is C16H17ClN2O4S. The van der Waals surface area contributed by atoms with Crippen molar-refractivity contribution in [1.29, 1.82) is 0 Å². The molecule has 1 aromatic carbocycles. The van der Waals surface area contributed by atoms with Gasteiger partial charge in [-0.25, -0.2) is 8.42 Å². The van der Waals surface area contributed by atoms with Gasteiger partial charge in [0.2, 0.25) is 10.0 Å². The van der Waals surface area contributed by atoms with Crippen LogP contribution in [0.1, 0.15) is 23.7 Å². The highest BCUT2D eigenvalue weighted by atomic mass is 35.5. The average Bonchev–Trinajstić information content (AvgIpc) is 2.98. The Kier molecular flexibility index (Phi) is 4.42. The maximum Gasteiger partial charge on any atom is 0.305 e. The maximum atomic E-state index is 13.0. The van der Waals surface area contributed by atoms with Gasteiger partial charge in [0.05, 0.1) is 17.4 Å². The number of hydrogen-bond donors (Lipinski definition) is 1. The largest absolute Gasteiger partial charge is 0.481 e. The molecule has 0 saturated heterocycles. The van der Waals surface area contributed by atoms with Crippen molar-refractivity contribution in [3.8, 4) is 0 Å². The summed E-state index contributed by atoms with van der Waals surface area (Å²) in [5.41, 5.74) is 1.47. The first-order chi connectivity index (χ1) is 11.3. The highest BCUT2D eigenvalue weighted by Crippen LogP contribution is 2.34. The number of benzene rings is 1. The van der Waals surface area contributed by atoms with E-state index in [-0.39, 0.29) is 17.9 Å². The van der Waals surface area contributed by atoms with E-state index in [1.54, 1.807) is 25.1 Å². The fourth-order valence-electron chi connectivity index (χ4n) is 2.97. The van der Waals surface area contributed by atoms with Crippen LogP contribution in [0.4, 0.5) is 0 Å². The van der Waals surface area contributed by atoms with E-state index in [4.69, 9.17) is 11.6 Å². The summed E-state index contributed by atoms with van der Waals surface area (Å²) in [5.74, 6) is -1.04. The molecule has 8 heteroatoms. The second kappa shape index (κ2) is 6.23. The van der Waals surface area contributed by atoms with E-state index in [1.165, 1.54) is 16.4 Å². The number of hydrogen-bond acceptors (Lipinski definition) is 3. The molecule has 0 saturated carbocycles. The van der Waals surface area contributed by atoms with E-state index < -0.39 is 22.0 Å². The van der Waals surface area contributed by atoms with Crippen molar-refractivity contribution in [3.63, 3.8) is 0 Å². The third-order valence-corrected chi connectivity index (χ3v) is 6.54. The normalized spacial score (nSPS) is 18.3. The van der Waals surface area contributed by atoms with Crippen LogP contribution in [0.15, 0.2) is 41.4 Å². The predicted molar refractivity (Wildman–Crippen MR) is 89.5 cm³/mol. The highest BCUT2D eigenvalue weighted by Gasteiger charge is 2.37. The molecule has 1 N–H and O–H groups in total. The van der Waals surface area contributed by atoms with Crippen molar-refractivity contribution in [2.75, 3.05) is 6.54 Å². The molecule has 2 aromatic rings. The van der Waals surface area contributed by atoms with Crippen LogP contribution in [0.2, 0.25) is 5.02 Å². The van der Waals surface area contributed by atoms with Crippen molar-refractivity contribution < 1.29 is 18.3 Å². The molecule has 0 bridgehead atoms. The van der Waals surface area contributed by atoms with Gasteiger partial charge in [0.1, 0.15) is 0 Å². The van der Waals surface area contributed by atoms with Crippen LogP contribution in [0.5, 0.6) is 0 Å². The summed E-state index contributed by atoms with van der Waals surface area (Å²) in [6, 6.07) is 7.38. The maximum absolute atomic E-state index is 13.0. The summed E-state index contributed by atoms with van der Waals surface area (Å²) in [5, 5.41) is 9.58. The lowest BCUT2D eigenvalue weighted by atomic mass is 10.1. The molecule has 1 atom stereocenters. The smallest absolute Gasteiger partial charge is 0.305 e. The quantitative estimate of drug-likeness (QED) is 0.899. The molecule has 0 fully saturated rings. The number of sulfonamides is 1. The van der Waals surface area contributed by atoms with Gasteiger partial charge in [-0.15, -0.1) is 0 Å². The van der Waals surface area contributed by atoms with E-state index in [0.29, 0.717) is 17.3 Å². The van der Waals surface area contributed by atoms with Crippen LogP contribution in [-0.4, -0.2) is 34.9 Å². The van der Waals surface area contributed by atoms with E-state index in [0.717, 1.165) is 5.56 Å². The van der Waals surface area contributed by atoms with Gasteiger partial charge in [0.25, 0.3) is 0 Å². The molecule has 1 aromatic heterocycles. The highest BCUT2D eigenvalue weighted by molar-refractivity contribution is 7.89. The monoisotopic (exact) mass is 368 g/mol. The van der Waals surface area contributed by atoms with Crippen LogP contribution < -0.4 is 0 Å². The zero-order valence-electron chi connectivity index (χ0n) is 13.0. The summed E-state index contributed by atoms with van der Waals surface area (Å²) in [7, 11) is -3.84. The van der Waals surface area contributed by atoms with Crippen molar-refractivity contribution in [2.45, 2.75) is 30.8 Å². The lowest BCUT2D eigenvalue weighted by Gasteiger charge is -2.35. The van der Waals surface area contributed by atoms with Gasteiger partial charge >= 0.3 is 5.97 Å². The Bertz CT molecular complexity index is 891. The molecule has 2 heterocycles. The lowest BCUT2D eigenvalue weighted by Crippen LogP contribution is -2.42. The fourth-order valence-corrected chi connectivity index (χ4v) is 4.83. The Labute approximate surface area is 145 Å². The molecule has 1 aliphatic heterocycles. The summed E-state index contributed by atoms with van der Waals surface area (Å²) >= 11 is 6.06. The van der Waals surface area contributed by atoms with Crippen molar-refractivity contribution in [3.05, 3.63) is 52.8 Å². The summed E-state index contributed by atoms with van der Waals surface area (Å²) in [6.45, 7) is 2.49. The Morgan fingerprint density at radius 2 is 2.08 bits per heavy atom. The molecule has 128 valence electrons. The summed E-state index contributed by atoms with van der Waals surface area (Å²) in [6.07, 6.45) is 1.54. The minimum atomic E-state index is -3.84.